The van der Waals surface area contributed by atoms with E-state index in [-0.39, 0.29) is 5.91 Å². The molecule has 2 N–H and O–H groups in total. The lowest BCUT2D eigenvalue weighted by molar-refractivity contribution is -0.141. The molecule has 0 bridgehead atoms. The summed E-state index contributed by atoms with van der Waals surface area (Å²) < 4.78 is 0.780. The Hall–Kier alpha value is -1.30. The number of hydrogen-bond donors (Lipinski definition) is 2. The van der Waals surface area contributed by atoms with Crippen molar-refractivity contribution in [2.24, 2.45) is 0 Å². The molecule has 6 heteroatoms. The first kappa shape index (κ1) is 11.2. The van der Waals surface area contributed by atoms with E-state index in [1.165, 1.54) is 4.90 Å². The third kappa shape index (κ3) is 1.97. The maximum atomic E-state index is 12.0. The van der Waals surface area contributed by atoms with Gasteiger partial charge in [-0.05, 0) is 34.8 Å². The minimum absolute atomic E-state index is 0.254. The molecule has 2 heterocycles. The van der Waals surface area contributed by atoms with Crippen molar-refractivity contribution in [3.63, 3.8) is 0 Å². The number of amides is 1. The van der Waals surface area contributed by atoms with Crippen molar-refractivity contribution < 1.29 is 14.7 Å². The number of H-pyrrole nitrogens is 1. The van der Waals surface area contributed by atoms with E-state index in [1.807, 2.05) is 0 Å². The molecule has 86 valence electrons. The molecule has 0 saturated carbocycles. The van der Waals surface area contributed by atoms with E-state index in [1.54, 1.807) is 12.3 Å². The minimum Gasteiger partial charge on any atom is -0.480 e. The molecule has 16 heavy (non-hydrogen) atoms. The molecular weight excluding hydrogens is 276 g/mol. The Labute approximate surface area is 101 Å². The Morgan fingerprint density at radius 1 is 1.56 bits per heavy atom. The number of carboxylic acids is 1. The van der Waals surface area contributed by atoms with Crippen LogP contribution in [-0.4, -0.2) is 39.5 Å². The van der Waals surface area contributed by atoms with E-state index < -0.39 is 12.0 Å². The number of halogens is 1. The molecule has 1 aliphatic rings. The standard InChI is InChI=1S/C10H11BrN2O3/c11-6-4-7(12-5-6)9(14)13-3-1-2-8(13)10(15)16/h4-5,8,12H,1-3H2,(H,15,16)/t8-/m0/s1. The fourth-order valence-corrected chi connectivity index (χ4v) is 2.26. The summed E-state index contributed by atoms with van der Waals surface area (Å²) in [5.41, 5.74) is 0.417. The number of carbonyl (C=O) groups excluding carboxylic acids is 1. The third-order valence-electron chi connectivity index (χ3n) is 2.68. The summed E-state index contributed by atoms with van der Waals surface area (Å²) in [6.07, 6.45) is 2.92. The fourth-order valence-electron chi connectivity index (χ4n) is 1.91. The van der Waals surface area contributed by atoms with Crippen molar-refractivity contribution in [2.75, 3.05) is 6.54 Å². The second kappa shape index (κ2) is 4.29. The van der Waals surface area contributed by atoms with Crippen molar-refractivity contribution in [3.8, 4) is 0 Å². The fraction of sp³-hybridized carbons (Fsp3) is 0.400. The largest absolute Gasteiger partial charge is 0.480 e. The monoisotopic (exact) mass is 286 g/mol. The van der Waals surface area contributed by atoms with E-state index in [4.69, 9.17) is 5.11 Å². The smallest absolute Gasteiger partial charge is 0.326 e. The SMILES string of the molecule is O=C(O)[C@@H]1CCCN1C(=O)c1cc(Br)c[nH]1. The summed E-state index contributed by atoms with van der Waals surface area (Å²) in [7, 11) is 0. The summed E-state index contributed by atoms with van der Waals surface area (Å²) in [6.45, 7) is 0.506. The first-order valence-electron chi connectivity index (χ1n) is 4.97. The molecule has 1 atom stereocenters. The number of nitrogens with zero attached hydrogens (tertiary/aromatic N) is 1. The number of hydrogen-bond acceptors (Lipinski definition) is 2. The van der Waals surface area contributed by atoms with Gasteiger partial charge in [-0.3, -0.25) is 4.79 Å². The summed E-state index contributed by atoms with van der Waals surface area (Å²) in [4.78, 5) is 27.1. The molecular formula is C10H11BrN2O3. The molecule has 1 aromatic rings. The van der Waals surface area contributed by atoms with Crippen molar-refractivity contribution in [3.05, 3.63) is 22.4 Å². The number of likely N-dealkylation sites (tertiary alicyclic amines) is 1. The average molecular weight is 287 g/mol. The molecule has 1 fully saturated rings. The van der Waals surface area contributed by atoms with Crippen LogP contribution in [0.4, 0.5) is 0 Å². The van der Waals surface area contributed by atoms with Gasteiger partial charge in [-0.25, -0.2) is 4.79 Å². The maximum absolute atomic E-state index is 12.0. The normalized spacial score (nSPS) is 20.1. The Morgan fingerprint density at radius 2 is 2.31 bits per heavy atom. The lowest BCUT2D eigenvalue weighted by Gasteiger charge is -2.20. The highest BCUT2D eigenvalue weighted by Gasteiger charge is 2.34. The zero-order valence-electron chi connectivity index (χ0n) is 8.44. The highest BCUT2D eigenvalue weighted by atomic mass is 79.9. The van der Waals surface area contributed by atoms with E-state index in [0.717, 1.165) is 10.9 Å². The Bertz CT molecular complexity index is 429. The van der Waals surface area contributed by atoms with Crippen LogP contribution in [0.15, 0.2) is 16.7 Å². The molecule has 0 aromatic carbocycles. The molecule has 1 amide bonds. The van der Waals surface area contributed by atoms with Gasteiger partial charge in [0.2, 0.25) is 0 Å². The minimum atomic E-state index is -0.934. The summed E-state index contributed by atoms with van der Waals surface area (Å²) in [6, 6.07) is 0.967. The molecule has 2 rings (SSSR count). The van der Waals surface area contributed by atoms with Crippen LogP contribution in [0.1, 0.15) is 23.3 Å². The van der Waals surface area contributed by atoms with Crippen LogP contribution in [0.2, 0.25) is 0 Å². The van der Waals surface area contributed by atoms with Gasteiger partial charge in [0.1, 0.15) is 11.7 Å². The van der Waals surface area contributed by atoms with E-state index in [2.05, 4.69) is 20.9 Å². The number of carbonyl (C=O) groups is 2. The summed E-state index contributed by atoms with van der Waals surface area (Å²) in [5.74, 6) is -1.19. The van der Waals surface area contributed by atoms with Crippen molar-refractivity contribution in [1.29, 1.82) is 0 Å². The molecule has 1 saturated heterocycles. The van der Waals surface area contributed by atoms with Gasteiger partial charge in [0.25, 0.3) is 5.91 Å². The van der Waals surface area contributed by atoms with Gasteiger partial charge in [-0.15, -0.1) is 0 Å². The zero-order valence-corrected chi connectivity index (χ0v) is 10.0. The molecule has 1 aliphatic heterocycles. The van der Waals surface area contributed by atoms with Gasteiger partial charge in [-0.1, -0.05) is 0 Å². The second-order valence-electron chi connectivity index (χ2n) is 3.73. The van der Waals surface area contributed by atoms with Crippen molar-refractivity contribution in [1.82, 2.24) is 9.88 Å². The molecule has 1 aromatic heterocycles. The predicted molar refractivity (Wildman–Crippen MR) is 60.2 cm³/mol. The number of aromatic nitrogens is 1. The lowest BCUT2D eigenvalue weighted by Crippen LogP contribution is -2.40. The molecule has 5 nitrogen and oxygen atoms in total. The summed E-state index contributed by atoms with van der Waals surface area (Å²) >= 11 is 3.23. The number of aromatic amines is 1. The van der Waals surface area contributed by atoms with Crippen molar-refractivity contribution >= 4 is 27.8 Å². The molecule has 0 radical (unpaired) electrons. The van der Waals surface area contributed by atoms with Crippen LogP contribution in [-0.2, 0) is 4.79 Å². The van der Waals surface area contributed by atoms with Gasteiger partial charge >= 0.3 is 5.97 Å². The zero-order chi connectivity index (χ0) is 11.7. The number of carboxylic acid groups (broad SMARTS) is 1. The molecule has 0 aliphatic carbocycles. The number of nitrogens with one attached hydrogen (secondary N) is 1. The van der Waals surface area contributed by atoms with Crippen LogP contribution >= 0.6 is 15.9 Å². The van der Waals surface area contributed by atoms with Crippen LogP contribution in [0.5, 0.6) is 0 Å². The van der Waals surface area contributed by atoms with Crippen LogP contribution in [0, 0.1) is 0 Å². The number of aliphatic carboxylic acids is 1. The maximum Gasteiger partial charge on any atom is 0.326 e. The van der Waals surface area contributed by atoms with Gasteiger partial charge in [-0.2, -0.15) is 0 Å². The lowest BCUT2D eigenvalue weighted by atomic mass is 10.2. The van der Waals surface area contributed by atoms with E-state index in [0.29, 0.717) is 18.7 Å². The highest BCUT2D eigenvalue weighted by molar-refractivity contribution is 9.10. The molecule has 0 unspecified atom stereocenters. The Balaban J connectivity index is 2.18. The van der Waals surface area contributed by atoms with Crippen molar-refractivity contribution in [2.45, 2.75) is 18.9 Å². The topological polar surface area (TPSA) is 73.4 Å². The number of rotatable bonds is 2. The third-order valence-corrected chi connectivity index (χ3v) is 3.13. The first-order valence-corrected chi connectivity index (χ1v) is 5.76. The Kier molecular flexibility index (Phi) is 3.00. The summed E-state index contributed by atoms with van der Waals surface area (Å²) in [5, 5.41) is 8.97. The highest BCUT2D eigenvalue weighted by Crippen LogP contribution is 2.21. The van der Waals surface area contributed by atoms with E-state index in [9.17, 15) is 9.59 Å². The van der Waals surface area contributed by atoms with Gasteiger partial charge in [0.15, 0.2) is 0 Å². The molecule has 0 spiro atoms. The average Bonchev–Trinajstić information content (AvgIpc) is 2.84. The van der Waals surface area contributed by atoms with Gasteiger partial charge < -0.3 is 15.0 Å². The first-order chi connectivity index (χ1) is 7.59. The van der Waals surface area contributed by atoms with Crippen LogP contribution in [0.25, 0.3) is 0 Å². The van der Waals surface area contributed by atoms with Crippen LogP contribution in [0.3, 0.4) is 0 Å². The second-order valence-corrected chi connectivity index (χ2v) is 4.64. The van der Waals surface area contributed by atoms with Gasteiger partial charge in [0, 0.05) is 17.2 Å². The van der Waals surface area contributed by atoms with E-state index >= 15 is 0 Å². The van der Waals surface area contributed by atoms with Crippen LogP contribution < -0.4 is 0 Å². The Morgan fingerprint density at radius 3 is 2.88 bits per heavy atom. The predicted octanol–water partition coefficient (Wildman–Crippen LogP) is 1.47. The quantitative estimate of drug-likeness (QED) is 0.865. The van der Waals surface area contributed by atoms with Gasteiger partial charge in [0.05, 0.1) is 0 Å².